The predicted octanol–water partition coefficient (Wildman–Crippen LogP) is 2.45. The molecule has 0 aliphatic heterocycles. The van der Waals surface area contributed by atoms with Gasteiger partial charge in [-0.05, 0) is 32.5 Å². The Morgan fingerprint density at radius 1 is 1.31 bits per heavy atom. The molecule has 0 saturated carbocycles. The number of rotatable bonds is 6. The van der Waals surface area contributed by atoms with Gasteiger partial charge in [0.2, 0.25) is 0 Å². The van der Waals surface area contributed by atoms with Crippen LogP contribution < -0.4 is 5.30 Å². The average Bonchev–Trinajstić information content (AvgIpc) is 2.30. The molecule has 1 rings (SSSR count). The molecule has 90 valence electrons. The van der Waals surface area contributed by atoms with Gasteiger partial charge in [0.25, 0.3) is 0 Å². The minimum Gasteiger partial charge on any atom is -0.313 e. The average molecular weight is 259 g/mol. The van der Waals surface area contributed by atoms with E-state index in [9.17, 15) is 4.57 Å². The molecule has 0 bridgehead atoms. The van der Waals surface area contributed by atoms with Crippen molar-refractivity contribution < 1.29 is 9.09 Å². The van der Waals surface area contributed by atoms with Gasteiger partial charge in [0.15, 0.2) is 0 Å². The molecule has 0 spiro atoms. The Kier molecular flexibility index (Phi) is 5.56. The largest absolute Gasteiger partial charge is 0.313 e. The number of nitrogens with zero attached hydrogens (tertiary/aromatic N) is 1. The minimum absolute atomic E-state index is 0.505. The summed E-state index contributed by atoms with van der Waals surface area (Å²) in [5, 5.41) is 0.751. The van der Waals surface area contributed by atoms with Gasteiger partial charge in [-0.15, -0.1) is 0 Å². The molecule has 1 aromatic rings. The topological polar surface area (TPSA) is 29.5 Å². The SMILES string of the molecule is CSCCOP(=O)(c1ccccc1)N(C)C. The third-order valence-corrected chi connectivity index (χ3v) is 5.27. The van der Waals surface area contributed by atoms with E-state index in [2.05, 4.69) is 0 Å². The Balaban J connectivity index is 2.85. The van der Waals surface area contributed by atoms with Crippen LogP contribution in [-0.2, 0) is 9.09 Å². The highest BCUT2D eigenvalue weighted by Crippen LogP contribution is 2.47. The van der Waals surface area contributed by atoms with E-state index in [-0.39, 0.29) is 0 Å². The van der Waals surface area contributed by atoms with Crippen LogP contribution >= 0.6 is 19.3 Å². The van der Waals surface area contributed by atoms with Crippen LogP contribution in [0.3, 0.4) is 0 Å². The van der Waals surface area contributed by atoms with Gasteiger partial charge < -0.3 is 4.52 Å². The summed E-state index contributed by atoms with van der Waals surface area (Å²) in [7, 11) is 0.716. The van der Waals surface area contributed by atoms with Gasteiger partial charge in [0.05, 0.1) is 11.9 Å². The summed E-state index contributed by atoms with van der Waals surface area (Å²) in [6.45, 7) is 0.505. The summed E-state index contributed by atoms with van der Waals surface area (Å²) in [4.78, 5) is 0. The molecule has 0 radical (unpaired) electrons. The van der Waals surface area contributed by atoms with Crippen molar-refractivity contribution in [3.63, 3.8) is 0 Å². The molecule has 0 amide bonds. The molecule has 16 heavy (non-hydrogen) atoms. The number of thioether (sulfide) groups is 1. The maximum atomic E-state index is 12.7. The Bertz CT molecular complexity index is 356. The standard InChI is InChI=1S/C11H18NO2PS/c1-12(2)15(13,14-9-10-16-3)11-7-5-4-6-8-11/h4-8H,9-10H2,1-3H3. The van der Waals surface area contributed by atoms with E-state index in [1.807, 2.05) is 36.6 Å². The zero-order valence-corrected chi connectivity index (χ0v) is 11.6. The molecular weight excluding hydrogens is 241 g/mol. The number of benzene rings is 1. The molecule has 5 heteroatoms. The maximum Gasteiger partial charge on any atom is 0.301 e. The first kappa shape index (κ1) is 13.8. The van der Waals surface area contributed by atoms with Crippen LogP contribution in [0, 0.1) is 0 Å². The lowest BCUT2D eigenvalue weighted by molar-refractivity contribution is 0.309. The van der Waals surface area contributed by atoms with Crippen molar-refractivity contribution in [1.29, 1.82) is 0 Å². The van der Waals surface area contributed by atoms with Crippen molar-refractivity contribution in [3.8, 4) is 0 Å². The van der Waals surface area contributed by atoms with E-state index in [0.29, 0.717) is 6.61 Å². The van der Waals surface area contributed by atoms with E-state index in [1.165, 1.54) is 0 Å². The van der Waals surface area contributed by atoms with Crippen LogP contribution in [0.2, 0.25) is 0 Å². The Morgan fingerprint density at radius 2 is 1.94 bits per heavy atom. The van der Waals surface area contributed by atoms with Crippen LogP contribution in [0.15, 0.2) is 30.3 Å². The first-order valence-electron chi connectivity index (χ1n) is 5.08. The maximum absolute atomic E-state index is 12.7. The van der Waals surface area contributed by atoms with E-state index in [1.54, 1.807) is 30.5 Å². The minimum atomic E-state index is -2.85. The molecule has 1 unspecified atom stereocenters. The molecule has 0 aliphatic carbocycles. The van der Waals surface area contributed by atoms with Gasteiger partial charge in [-0.2, -0.15) is 11.8 Å². The molecule has 0 saturated heterocycles. The van der Waals surface area contributed by atoms with Crippen molar-refractivity contribution in [2.45, 2.75) is 0 Å². The molecule has 0 aromatic heterocycles. The summed E-state index contributed by atoms with van der Waals surface area (Å²) in [5.74, 6) is 0.852. The van der Waals surface area contributed by atoms with E-state index in [4.69, 9.17) is 4.52 Å². The second-order valence-electron chi connectivity index (χ2n) is 3.53. The third-order valence-electron chi connectivity index (χ3n) is 2.16. The second kappa shape index (κ2) is 6.45. The van der Waals surface area contributed by atoms with Crippen LogP contribution in [0.5, 0.6) is 0 Å². The fraction of sp³-hybridized carbons (Fsp3) is 0.455. The van der Waals surface area contributed by atoms with Gasteiger partial charge in [0.1, 0.15) is 0 Å². The van der Waals surface area contributed by atoms with Crippen molar-refractivity contribution in [1.82, 2.24) is 4.67 Å². The third kappa shape index (κ3) is 3.36. The number of hydrogen-bond donors (Lipinski definition) is 0. The van der Waals surface area contributed by atoms with Gasteiger partial charge in [-0.25, -0.2) is 4.67 Å². The highest BCUT2D eigenvalue weighted by molar-refractivity contribution is 7.98. The van der Waals surface area contributed by atoms with E-state index < -0.39 is 7.52 Å². The van der Waals surface area contributed by atoms with Crippen molar-refractivity contribution >= 4 is 24.6 Å². The number of hydrogen-bond acceptors (Lipinski definition) is 3. The highest BCUT2D eigenvalue weighted by atomic mass is 32.2. The molecule has 0 N–H and O–H groups in total. The fourth-order valence-corrected chi connectivity index (χ4v) is 3.38. The first-order chi connectivity index (χ1) is 7.61. The lowest BCUT2D eigenvalue weighted by Crippen LogP contribution is -2.21. The van der Waals surface area contributed by atoms with Gasteiger partial charge in [0, 0.05) is 5.75 Å². The van der Waals surface area contributed by atoms with E-state index >= 15 is 0 Å². The zero-order valence-electron chi connectivity index (χ0n) is 9.92. The lowest BCUT2D eigenvalue weighted by Gasteiger charge is -2.24. The molecule has 3 nitrogen and oxygen atoms in total. The van der Waals surface area contributed by atoms with Crippen LogP contribution in [0.1, 0.15) is 0 Å². The Labute approximate surface area is 102 Å². The molecule has 0 heterocycles. The van der Waals surface area contributed by atoms with Crippen LogP contribution in [0.25, 0.3) is 0 Å². The summed E-state index contributed by atoms with van der Waals surface area (Å²) in [5.41, 5.74) is 0. The van der Waals surface area contributed by atoms with E-state index in [0.717, 1.165) is 11.1 Å². The first-order valence-corrected chi connectivity index (χ1v) is 8.05. The van der Waals surface area contributed by atoms with Crippen molar-refractivity contribution in [2.75, 3.05) is 32.7 Å². The molecule has 1 atom stereocenters. The van der Waals surface area contributed by atoms with Gasteiger partial charge >= 0.3 is 7.52 Å². The smallest absolute Gasteiger partial charge is 0.301 e. The summed E-state index contributed by atoms with van der Waals surface area (Å²) >= 11 is 1.68. The summed E-state index contributed by atoms with van der Waals surface area (Å²) in [6.07, 6.45) is 2.01. The second-order valence-corrected chi connectivity index (χ2v) is 7.13. The van der Waals surface area contributed by atoms with Crippen molar-refractivity contribution in [3.05, 3.63) is 30.3 Å². The monoisotopic (exact) mass is 259 g/mol. The quantitative estimate of drug-likeness (QED) is 0.580. The molecule has 0 fully saturated rings. The molecule has 1 aromatic carbocycles. The predicted molar refractivity (Wildman–Crippen MR) is 71.7 cm³/mol. The zero-order chi connectivity index (χ0) is 12.0. The summed E-state index contributed by atoms with van der Waals surface area (Å²) < 4.78 is 19.9. The molecular formula is C11H18NO2PS. The van der Waals surface area contributed by atoms with Crippen LogP contribution in [-0.4, -0.2) is 37.4 Å². The highest BCUT2D eigenvalue weighted by Gasteiger charge is 2.28. The Morgan fingerprint density at radius 3 is 2.44 bits per heavy atom. The summed E-state index contributed by atoms with van der Waals surface area (Å²) in [6, 6.07) is 9.36. The van der Waals surface area contributed by atoms with Gasteiger partial charge in [-0.1, -0.05) is 18.2 Å². The normalized spacial score (nSPS) is 15.0. The Hall–Kier alpha value is -0.280. The van der Waals surface area contributed by atoms with Crippen LogP contribution in [0.4, 0.5) is 0 Å². The van der Waals surface area contributed by atoms with Crippen molar-refractivity contribution in [2.24, 2.45) is 0 Å². The lowest BCUT2D eigenvalue weighted by atomic mass is 10.4. The molecule has 0 aliphatic rings. The fourth-order valence-electron chi connectivity index (χ4n) is 1.28. The van der Waals surface area contributed by atoms with Gasteiger partial charge in [-0.3, -0.25) is 4.57 Å².